The molecule has 0 aliphatic heterocycles. The molecule has 4 heteroatoms. The summed E-state index contributed by atoms with van der Waals surface area (Å²) in [4.78, 5) is 0.643. The van der Waals surface area contributed by atoms with E-state index in [4.69, 9.17) is 23.7 Å². The summed E-state index contributed by atoms with van der Waals surface area (Å²) in [6, 6.07) is 8.00. The fraction of sp³-hybridized carbons (Fsp3) is 0.357. The summed E-state index contributed by atoms with van der Waals surface area (Å²) in [5, 5.41) is 3.21. The third kappa shape index (κ3) is 3.82. The molecule has 0 saturated heterocycles. The van der Waals surface area contributed by atoms with Gasteiger partial charge in [-0.05, 0) is 36.0 Å². The summed E-state index contributed by atoms with van der Waals surface area (Å²) in [5.41, 5.74) is 14.3. The summed E-state index contributed by atoms with van der Waals surface area (Å²) in [6.07, 6.45) is 4.50. The number of nitrogens with one attached hydrogen (secondary N) is 1. The average molecular weight is 261 g/mol. The molecule has 1 aliphatic carbocycles. The smallest absolute Gasteiger partial charge is 0.122 e. The molecule has 0 heterocycles. The molecule has 0 atom stereocenters. The van der Waals surface area contributed by atoms with Gasteiger partial charge in [0.25, 0.3) is 0 Å². The van der Waals surface area contributed by atoms with Crippen LogP contribution in [0, 0.1) is 5.92 Å². The highest BCUT2D eigenvalue weighted by molar-refractivity contribution is 7.80. The Hall–Kier alpha value is -1.39. The van der Waals surface area contributed by atoms with Crippen LogP contribution in [0.5, 0.6) is 0 Å². The Labute approximate surface area is 113 Å². The first-order chi connectivity index (χ1) is 8.69. The van der Waals surface area contributed by atoms with Crippen molar-refractivity contribution in [1.29, 1.82) is 0 Å². The maximum Gasteiger partial charge on any atom is 0.122 e. The van der Waals surface area contributed by atoms with Gasteiger partial charge >= 0.3 is 0 Å². The lowest BCUT2D eigenvalue weighted by molar-refractivity contribution is 0.778. The molecular weight excluding hydrogens is 242 g/mol. The summed E-state index contributed by atoms with van der Waals surface area (Å²) in [6.45, 7) is 1.50. The minimum absolute atomic E-state index is 0.556. The minimum Gasteiger partial charge on any atom is -0.396 e. The zero-order valence-electron chi connectivity index (χ0n) is 10.4. The lowest BCUT2D eigenvalue weighted by atomic mass is 10.1. The summed E-state index contributed by atoms with van der Waals surface area (Å²) in [7, 11) is 0. The van der Waals surface area contributed by atoms with Gasteiger partial charge in [0.05, 0.1) is 5.70 Å². The Balaban J connectivity index is 1.94. The highest BCUT2D eigenvalue weighted by atomic mass is 32.1. The Kier molecular flexibility index (Phi) is 4.33. The fourth-order valence-corrected chi connectivity index (χ4v) is 1.80. The van der Waals surface area contributed by atoms with Crippen molar-refractivity contribution in [1.82, 2.24) is 5.32 Å². The zero-order chi connectivity index (χ0) is 13.0. The molecule has 18 heavy (non-hydrogen) atoms. The van der Waals surface area contributed by atoms with E-state index in [-0.39, 0.29) is 0 Å². The Morgan fingerprint density at radius 3 is 2.56 bits per heavy atom. The normalized spacial score (nSPS) is 15.5. The van der Waals surface area contributed by atoms with Gasteiger partial charge in [-0.1, -0.05) is 36.5 Å². The molecule has 0 spiro atoms. The van der Waals surface area contributed by atoms with Crippen molar-refractivity contribution in [2.75, 3.05) is 6.54 Å². The van der Waals surface area contributed by atoms with E-state index in [2.05, 4.69) is 5.32 Å². The van der Waals surface area contributed by atoms with E-state index in [1.54, 1.807) is 0 Å². The predicted octanol–water partition coefficient (Wildman–Crippen LogP) is 1.77. The van der Waals surface area contributed by atoms with E-state index in [1.165, 1.54) is 12.8 Å². The van der Waals surface area contributed by atoms with Gasteiger partial charge in [-0.2, -0.15) is 0 Å². The average Bonchev–Trinajstić information content (AvgIpc) is 3.21. The molecule has 5 N–H and O–H groups in total. The van der Waals surface area contributed by atoms with Gasteiger partial charge in [-0.3, -0.25) is 0 Å². The van der Waals surface area contributed by atoms with Crippen LogP contribution in [0.2, 0.25) is 0 Å². The number of hydrogen-bond donors (Lipinski definition) is 3. The number of thiocarbonyl (C=S) groups is 1. The van der Waals surface area contributed by atoms with E-state index in [0.29, 0.717) is 17.2 Å². The molecular formula is C14H19N3S. The second-order valence-electron chi connectivity index (χ2n) is 4.70. The minimum atomic E-state index is 0.556. The Morgan fingerprint density at radius 1 is 1.33 bits per heavy atom. The molecule has 1 aliphatic rings. The van der Waals surface area contributed by atoms with Gasteiger partial charge in [0.2, 0.25) is 0 Å². The van der Waals surface area contributed by atoms with Crippen molar-refractivity contribution in [3.8, 4) is 0 Å². The zero-order valence-corrected chi connectivity index (χ0v) is 11.2. The van der Waals surface area contributed by atoms with Crippen LogP contribution >= 0.6 is 12.2 Å². The van der Waals surface area contributed by atoms with Crippen molar-refractivity contribution in [2.45, 2.75) is 19.4 Å². The lowest BCUT2D eigenvalue weighted by Crippen LogP contribution is -2.28. The largest absolute Gasteiger partial charge is 0.396 e. The van der Waals surface area contributed by atoms with Crippen LogP contribution in [0.15, 0.2) is 30.0 Å². The van der Waals surface area contributed by atoms with E-state index in [0.717, 1.165) is 23.6 Å². The highest BCUT2D eigenvalue weighted by Crippen LogP contribution is 2.27. The first-order valence-corrected chi connectivity index (χ1v) is 6.64. The molecule has 1 aromatic carbocycles. The Morgan fingerprint density at radius 2 is 2.00 bits per heavy atom. The second kappa shape index (κ2) is 5.98. The fourth-order valence-electron chi connectivity index (χ4n) is 1.66. The van der Waals surface area contributed by atoms with Crippen LogP contribution in [0.1, 0.15) is 24.0 Å². The van der Waals surface area contributed by atoms with Gasteiger partial charge in [-0.25, -0.2) is 0 Å². The van der Waals surface area contributed by atoms with Crippen LogP contribution in [-0.2, 0) is 6.54 Å². The van der Waals surface area contributed by atoms with Crippen molar-refractivity contribution in [2.24, 2.45) is 17.4 Å². The topological polar surface area (TPSA) is 64.1 Å². The summed E-state index contributed by atoms with van der Waals surface area (Å²) >= 11 is 5.25. The molecule has 0 unspecified atom stereocenters. The molecule has 0 radical (unpaired) electrons. The van der Waals surface area contributed by atoms with Gasteiger partial charge in [0.15, 0.2) is 0 Å². The highest BCUT2D eigenvalue weighted by Gasteiger charge is 2.21. The maximum absolute atomic E-state index is 5.96. The first-order valence-electron chi connectivity index (χ1n) is 6.23. The molecule has 0 amide bonds. The molecule has 96 valence electrons. The first kappa shape index (κ1) is 13.1. The van der Waals surface area contributed by atoms with E-state index in [9.17, 15) is 0 Å². The quantitative estimate of drug-likeness (QED) is 0.558. The number of hydrogen-bond acceptors (Lipinski definition) is 3. The number of nitrogens with two attached hydrogens (primary N) is 2. The van der Waals surface area contributed by atoms with E-state index >= 15 is 0 Å². The summed E-state index contributed by atoms with van der Waals surface area (Å²) in [5.74, 6) is 0.791. The van der Waals surface area contributed by atoms with E-state index < -0.39 is 0 Å². The van der Waals surface area contributed by atoms with Gasteiger partial charge in [0, 0.05) is 13.1 Å². The third-order valence-electron chi connectivity index (χ3n) is 3.05. The molecule has 3 nitrogen and oxygen atoms in total. The predicted molar refractivity (Wildman–Crippen MR) is 79.8 cm³/mol. The number of rotatable bonds is 5. The van der Waals surface area contributed by atoms with Crippen molar-refractivity contribution in [3.05, 3.63) is 41.1 Å². The van der Waals surface area contributed by atoms with Gasteiger partial charge in [-0.15, -0.1) is 0 Å². The van der Waals surface area contributed by atoms with Crippen LogP contribution < -0.4 is 16.8 Å². The molecule has 1 saturated carbocycles. The molecule has 1 fully saturated rings. The molecule has 2 rings (SSSR count). The molecule has 1 aromatic rings. The van der Waals surface area contributed by atoms with Gasteiger partial charge < -0.3 is 16.8 Å². The van der Waals surface area contributed by atoms with Crippen molar-refractivity contribution in [3.63, 3.8) is 0 Å². The molecule has 0 aromatic heterocycles. The van der Waals surface area contributed by atoms with Gasteiger partial charge in [0.1, 0.15) is 4.99 Å². The van der Waals surface area contributed by atoms with Crippen molar-refractivity contribution >= 4 is 23.3 Å². The summed E-state index contributed by atoms with van der Waals surface area (Å²) < 4.78 is 0. The van der Waals surface area contributed by atoms with Crippen molar-refractivity contribution < 1.29 is 0 Å². The van der Waals surface area contributed by atoms with Crippen LogP contribution in [0.3, 0.4) is 0 Å². The number of benzene rings is 1. The maximum atomic E-state index is 5.96. The third-order valence-corrected chi connectivity index (χ3v) is 3.43. The van der Waals surface area contributed by atoms with Crippen LogP contribution in [0.4, 0.5) is 0 Å². The van der Waals surface area contributed by atoms with Crippen LogP contribution in [0.25, 0.3) is 6.08 Å². The molecule has 0 bridgehead atoms. The van der Waals surface area contributed by atoms with Crippen LogP contribution in [-0.4, -0.2) is 11.5 Å². The Bertz CT molecular complexity index is 447. The standard InChI is InChI=1S/C14H19N3S/c15-8-11-3-1-10(2-4-11)7-13(16)14(18)17-9-12-5-6-12/h1-4,7,12H,5-6,8-9,15-16H2,(H,17,18). The monoisotopic (exact) mass is 261 g/mol. The lowest BCUT2D eigenvalue weighted by Gasteiger charge is -2.07. The van der Waals surface area contributed by atoms with E-state index in [1.807, 2.05) is 30.3 Å². The SMILES string of the molecule is NCc1ccc(C=C(N)C(=S)NCC2CC2)cc1. The second-order valence-corrected chi connectivity index (χ2v) is 5.11.